The molecule has 0 saturated heterocycles. The zero-order chi connectivity index (χ0) is 42.4. The smallest absolute Gasteiger partial charge is 0.126 e. The molecule has 0 aliphatic carbocycles. The van der Waals surface area contributed by atoms with Crippen LogP contribution in [0.25, 0.3) is 0 Å². The predicted octanol–water partition coefficient (Wildman–Crippen LogP) is 17.4. The Balaban J connectivity index is 0.000000344. The zero-order valence-corrected chi connectivity index (χ0v) is 39.7. The molecule has 0 aliphatic rings. The van der Waals surface area contributed by atoms with E-state index >= 15 is 0 Å². The number of hydrogen-bond acceptors (Lipinski definition) is 0. The van der Waals surface area contributed by atoms with E-state index < -0.39 is 0 Å². The van der Waals surface area contributed by atoms with Gasteiger partial charge in [0.1, 0.15) is 5.82 Å². The minimum Gasteiger partial charge on any atom is -0.207 e. The molecular weight excluding hydrogens is 782 g/mol. The fourth-order valence-corrected chi connectivity index (χ4v) is 5.97. The highest BCUT2D eigenvalue weighted by molar-refractivity contribution is 9.10. The van der Waals surface area contributed by atoms with Crippen molar-refractivity contribution in [2.24, 2.45) is 0 Å². The van der Waals surface area contributed by atoms with Crippen LogP contribution < -0.4 is 0 Å². The van der Waals surface area contributed by atoms with E-state index in [-0.39, 0.29) is 32.9 Å². The molecule has 0 heterocycles. The summed E-state index contributed by atoms with van der Waals surface area (Å²) in [5, 5.41) is 1.68. The lowest BCUT2D eigenvalue weighted by Gasteiger charge is -2.19. The quantitative estimate of drug-likeness (QED) is 0.146. The summed E-state index contributed by atoms with van der Waals surface area (Å²) in [7, 11) is 0. The van der Waals surface area contributed by atoms with Crippen molar-refractivity contribution >= 4 is 39.1 Å². The predicted molar refractivity (Wildman–Crippen MR) is 248 cm³/mol. The van der Waals surface area contributed by atoms with Crippen LogP contribution in [0.15, 0.2) is 126 Å². The van der Waals surface area contributed by atoms with E-state index in [1.54, 1.807) is 6.07 Å². The van der Waals surface area contributed by atoms with Crippen LogP contribution in [0, 0.1) is 12.7 Å². The van der Waals surface area contributed by atoms with Gasteiger partial charge in [0.15, 0.2) is 0 Å². The summed E-state index contributed by atoms with van der Waals surface area (Å²) in [6.07, 6.45) is 0. The lowest BCUT2D eigenvalue weighted by Crippen LogP contribution is -2.12. The SMILES string of the molecule is CC(C)(C)c1ccc(Br)cc1.CC(C)(C)c1cccc(Cl)c1.CC(C)(C)c1ccccc1Cl.CC(C)(C)c1ccccc1F.Cc1ccc(C(C)(C)C)cc1. The summed E-state index contributed by atoms with van der Waals surface area (Å²) >= 11 is 15.3. The van der Waals surface area contributed by atoms with Gasteiger partial charge >= 0.3 is 0 Å². The molecule has 300 valence electrons. The van der Waals surface area contributed by atoms with Crippen molar-refractivity contribution in [2.45, 2.75) is 138 Å². The molecule has 0 atom stereocenters. The first kappa shape index (κ1) is 50.1. The molecule has 0 fully saturated rings. The van der Waals surface area contributed by atoms with Crippen LogP contribution in [0.1, 0.15) is 137 Å². The topological polar surface area (TPSA) is 0 Å². The Kier molecular flexibility index (Phi) is 19.7. The molecule has 0 amide bonds. The Morgan fingerprint density at radius 2 is 0.818 bits per heavy atom. The van der Waals surface area contributed by atoms with Crippen molar-refractivity contribution in [1.29, 1.82) is 0 Å². The van der Waals surface area contributed by atoms with Gasteiger partial charge in [-0.3, -0.25) is 0 Å². The zero-order valence-electron chi connectivity index (χ0n) is 36.6. The maximum atomic E-state index is 13.1. The van der Waals surface area contributed by atoms with Gasteiger partial charge in [-0.1, -0.05) is 233 Å². The van der Waals surface area contributed by atoms with Crippen molar-refractivity contribution in [3.05, 3.63) is 175 Å². The first-order valence-electron chi connectivity index (χ1n) is 19.1. The number of aryl methyl sites for hydroxylation is 1. The molecule has 0 aromatic heterocycles. The number of benzene rings is 5. The van der Waals surface area contributed by atoms with Crippen LogP contribution in [0.5, 0.6) is 0 Å². The Morgan fingerprint density at radius 1 is 0.418 bits per heavy atom. The summed E-state index contributed by atoms with van der Waals surface area (Å²) in [6.45, 7) is 34.5. The van der Waals surface area contributed by atoms with Gasteiger partial charge in [0.05, 0.1) is 0 Å². The number of rotatable bonds is 0. The van der Waals surface area contributed by atoms with Crippen molar-refractivity contribution in [3.63, 3.8) is 0 Å². The highest BCUT2D eigenvalue weighted by atomic mass is 79.9. The molecule has 5 aromatic carbocycles. The van der Waals surface area contributed by atoms with Gasteiger partial charge in [0.25, 0.3) is 0 Å². The van der Waals surface area contributed by atoms with E-state index in [4.69, 9.17) is 23.2 Å². The summed E-state index contributed by atoms with van der Waals surface area (Å²) in [6, 6.07) is 40.1. The molecule has 4 heteroatoms. The monoisotopic (exact) mass is 848 g/mol. The first-order chi connectivity index (χ1) is 25.0. The fourth-order valence-electron chi connectivity index (χ4n) is 5.10. The summed E-state index contributed by atoms with van der Waals surface area (Å²) in [5.74, 6) is -0.111. The van der Waals surface area contributed by atoms with Gasteiger partial charge in [0.2, 0.25) is 0 Å². The normalized spacial score (nSPS) is 11.6. The van der Waals surface area contributed by atoms with Gasteiger partial charge in [-0.2, -0.15) is 0 Å². The van der Waals surface area contributed by atoms with Crippen molar-refractivity contribution < 1.29 is 4.39 Å². The molecular formula is C51H68BrCl2F. The van der Waals surface area contributed by atoms with Gasteiger partial charge in [-0.05, 0) is 98.2 Å². The molecule has 0 saturated carbocycles. The second-order valence-corrected chi connectivity index (χ2v) is 20.9. The molecule has 0 spiro atoms. The van der Waals surface area contributed by atoms with E-state index in [9.17, 15) is 4.39 Å². The van der Waals surface area contributed by atoms with Gasteiger partial charge in [0, 0.05) is 14.5 Å². The summed E-state index contributed by atoms with van der Waals surface area (Å²) < 4.78 is 14.2. The Labute approximate surface area is 354 Å². The van der Waals surface area contributed by atoms with Crippen LogP contribution in [0.2, 0.25) is 10.0 Å². The maximum absolute atomic E-state index is 13.1. The van der Waals surface area contributed by atoms with Crippen LogP contribution in [0.3, 0.4) is 0 Å². The van der Waals surface area contributed by atoms with E-state index in [0.29, 0.717) is 0 Å². The molecule has 55 heavy (non-hydrogen) atoms. The standard InChI is InChI=1S/C11H16.C10H13Br.2C10H13Cl.C10H13F/c1-9-5-7-10(8-6-9)11(2,3)4;1-10(2,3)8-4-6-9(11)7-5-8;1-10(2,3)8-5-4-6-9(11)7-8;2*1-10(2,3)8-6-4-5-7-9(8)11/h5-8H,1-4H3;4*4-7H,1-3H3. The largest absolute Gasteiger partial charge is 0.207 e. The van der Waals surface area contributed by atoms with Crippen molar-refractivity contribution in [1.82, 2.24) is 0 Å². The third-order valence-electron chi connectivity index (χ3n) is 8.68. The fraction of sp³-hybridized carbons (Fsp3) is 0.412. The van der Waals surface area contributed by atoms with E-state index in [0.717, 1.165) is 20.1 Å². The van der Waals surface area contributed by atoms with Crippen molar-refractivity contribution in [3.8, 4) is 0 Å². The third-order valence-corrected chi connectivity index (χ3v) is 9.78. The molecule has 0 bridgehead atoms. The molecule has 5 rings (SSSR count). The second kappa shape index (κ2) is 21.6. The average Bonchev–Trinajstić information content (AvgIpc) is 3.05. The minimum atomic E-state index is -0.111. The molecule has 0 nitrogen and oxygen atoms in total. The van der Waals surface area contributed by atoms with Gasteiger partial charge in [-0.25, -0.2) is 4.39 Å². The Morgan fingerprint density at radius 3 is 1.15 bits per heavy atom. The second-order valence-electron chi connectivity index (χ2n) is 19.1. The Hall–Kier alpha value is -2.91. The van der Waals surface area contributed by atoms with Crippen LogP contribution in [-0.4, -0.2) is 0 Å². The molecule has 5 aromatic rings. The number of halogens is 4. The van der Waals surface area contributed by atoms with E-state index in [1.807, 2.05) is 69.3 Å². The van der Waals surface area contributed by atoms with Crippen LogP contribution in [0.4, 0.5) is 4.39 Å². The third kappa shape index (κ3) is 19.7. The highest BCUT2D eigenvalue weighted by Gasteiger charge is 2.18. The van der Waals surface area contributed by atoms with Crippen LogP contribution >= 0.6 is 39.1 Å². The van der Waals surface area contributed by atoms with Crippen LogP contribution in [-0.2, 0) is 27.1 Å². The molecule has 0 aliphatic heterocycles. The van der Waals surface area contributed by atoms with Crippen molar-refractivity contribution in [2.75, 3.05) is 0 Å². The number of hydrogen-bond donors (Lipinski definition) is 0. The molecule has 0 radical (unpaired) electrons. The summed E-state index contributed by atoms with van der Waals surface area (Å²) in [5.41, 5.74) is 8.19. The lowest BCUT2D eigenvalue weighted by molar-refractivity contribution is 0.523. The van der Waals surface area contributed by atoms with E-state index in [2.05, 4.69) is 167 Å². The molecule has 0 unspecified atom stereocenters. The van der Waals surface area contributed by atoms with E-state index in [1.165, 1.54) is 33.9 Å². The summed E-state index contributed by atoms with van der Waals surface area (Å²) in [4.78, 5) is 0. The van der Waals surface area contributed by atoms with Gasteiger partial charge < -0.3 is 0 Å². The van der Waals surface area contributed by atoms with Gasteiger partial charge in [-0.15, -0.1) is 0 Å². The highest BCUT2D eigenvalue weighted by Crippen LogP contribution is 2.29. The maximum Gasteiger partial charge on any atom is 0.126 e. The average molecular weight is 851 g/mol. The minimum absolute atomic E-state index is 0.0919. The lowest BCUT2D eigenvalue weighted by atomic mass is 9.87. The first-order valence-corrected chi connectivity index (χ1v) is 20.7. The molecule has 0 N–H and O–H groups in total. The Bertz CT molecular complexity index is 1730.